The van der Waals surface area contributed by atoms with Crippen molar-refractivity contribution in [1.82, 2.24) is 14.7 Å². The minimum Gasteiger partial charge on any atom is -0.368 e. The Kier molecular flexibility index (Phi) is 7.69. The van der Waals surface area contributed by atoms with Crippen molar-refractivity contribution >= 4 is 17.7 Å². The summed E-state index contributed by atoms with van der Waals surface area (Å²) >= 11 is 0. The van der Waals surface area contributed by atoms with Gasteiger partial charge in [-0.3, -0.25) is 14.4 Å². The normalized spacial score (nSPS) is 36.0. The largest absolute Gasteiger partial charge is 0.471 e. The van der Waals surface area contributed by atoms with Crippen LogP contribution in [0.25, 0.3) is 0 Å². The highest BCUT2D eigenvalue weighted by molar-refractivity contribution is 5.85. The minimum absolute atomic E-state index is 0.0330. The van der Waals surface area contributed by atoms with Gasteiger partial charge in [0.2, 0.25) is 5.91 Å². The Hall–Kier alpha value is -1.84. The molecule has 2 saturated carbocycles. The quantitative estimate of drug-likeness (QED) is 0.596. The standard InChI is InChI=1S/C25H38F3N3O4/c1-15-14-30(23(33)21-5-4-12-35-21)20-13-18(10-11-19(20)31(15)24(34)25(26,27)28)16-6-8-17(9-7-16)22(32)29(2)3/h15-21H,4-14H2,1-3H3/t15-,16?,17?,18?,19?,20?,21?/m0/s1. The van der Waals surface area contributed by atoms with E-state index in [4.69, 9.17) is 4.74 Å². The van der Waals surface area contributed by atoms with Crippen LogP contribution in [-0.2, 0) is 19.1 Å². The Balaban J connectivity index is 1.51. The molecule has 2 heterocycles. The number of carbonyl (C=O) groups excluding carboxylic acids is 3. The number of amides is 3. The molecule has 4 aliphatic rings. The number of alkyl halides is 3. The van der Waals surface area contributed by atoms with Crippen LogP contribution < -0.4 is 0 Å². The molecular formula is C25H38F3N3O4. The first-order valence-electron chi connectivity index (χ1n) is 13.0. The molecule has 0 N–H and O–H groups in total. The summed E-state index contributed by atoms with van der Waals surface area (Å²) in [5, 5.41) is 0. The molecule has 35 heavy (non-hydrogen) atoms. The number of carbonyl (C=O) groups is 3. The predicted molar refractivity (Wildman–Crippen MR) is 122 cm³/mol. The highest BCUT2D eigenvalue weighted by Gasteiger charge is 2.54. The minimum atomic E-state index is -4.94. The van der Waals surface area contributed by atoms with Gasteiger partial charge in [0.05, 0.1) is 12.1 Å². The van der Waals surface area contributed by atoms with E-state index in [0.717, 1.165) is 43.4 Å². The first-order valence-corrected chi connectivity index (χ1v) is 13.0. The molecule has 2 saturated heterocycles. The van der Waals surface area contributed by atoms with Gasteiger partial charge in [0, 0.05) is 39.2 Å². The molecule has 10 heteroatoms. The van der Waals surface area contributed by atoms with Crippen LogP contribution in [0.2, 0.25) is 0 Å². The number of ether oxygens (including phenoxy) is 1. The van der Waals surface area contributed by atoms with E-state index in [1.807, 2.05) is 0 Å². The van der Waals surface area contributed by atoms with Crippen molar-refractivity contribution in [2.24, 2.45) is 17.8 Å². The summed E-state index contributed by atoms with van der Waals surface area (Å²) in [6.45, 7) is 2.22. The molecule has 4 unspecified atom stereocenters. The maximum atomic E-state index is 13.5. The molecule has 2 aliphatic carbocycles. The van der Waals surface area contributed by atoms with Crippen molar-refractivity contribution in [1.29, 1.82) is 0 Å². The van der Waals surface area contributed by atoms with Crippen molar-refractivity contribution in [3.05, 3.63) is 0 Å². The van der Waals surface area contributed by atoms with E-state index in [9.17, 15) is 27.6 Å². The van der Waals surface area contributed by atoms with Crippen LogP contribution in [0.5, 0.6) is 0 Å². The van der Waals surface area contributed by atoms with Gasteiger partial charge in [0.15, 0.2) is 0 Å². The molecule has 4 rings (SSSR count). The monoisotopic (exact) mass is 501 g/mol. The number of hydrogen-bond acceptors (Lipinski definition) is 4. The van der Waals surface area contributed by atoms with Crippen LogP contribution in [0.4, 0.5) is 13.2 Å². The number of rotatable bonds is 3. The van der Waals surface area contributed by atoms with Gasteiger partial charge in [0.25, 0.3) is 5.91 Å². The predicted octanol–water partition coefficient (Wildman–Crippen LogP) is 3.22. The number of hydrogen-bond donors (Lipinski definition) is 0. The summed E-state index contributed by atoms with van der Waals surface area (Å²) in [7, 11) is 3.54. The molecule has 0 aromatic heterocycles. The molecule has 0 spiro atoms. The van der Waals surface area contributed by atoms with Gasteiger partial charge in [0.1, 0.15) is 6.10 Å². The van der Waals surface area contributed by atoms with Crippen molar-refractivity contribution in [3.8, 4) is 0 Å². The number of fused-ring (bicyclic) bond motifs is 1. The summed E-state index contributed by atoms with van der Waals surface area (Å²) in [4.78, 5) is 42.5. The molecule has 7 nitrogen and oxygen atoms in total. The van der Waals surface area contributed by atoms with E-state index >= 15 is 0 Å². The van der Waals surface area contributed by atoms with E-state index in [1.54, 1.807) is 30.8 Å². The number of halogens is 3. The summed E-state index contributed by atoms with van der Waals surface area (Å²) in [5.74, 6) is -1.11. The van der Waals surface area contributed by atoms with Crippen molar-refractivity contribution in [3.63, 3.8) is 0 Å². The van der Waals surface area contributed by atoms with Gasteiger partial charge < -0.3 is 19.4 Å². The Morgan fingerprint density at radius 1 is 0.914 bits per heavy atom. The fourth-order valence-corrected chi connectivity index (χ4v) is 7.00. The third-order valence-corrected chi connectivity index (χ3v) is 8.71. The lowest BCUT2D eigenvalue weighted by molar-refractivity contribution is -0.199. The Morgan fingerprint density at radius 2 is 1.57 bits per heavy atom. The first-order chi connectivity index (χ1) is 16.5. The van der Waals surface area contributed by atoms with Crippen LogP contribution in [0.3, 0.4) is 0 Å². The summed E-state index contributed by atoms with van der Waals surface area (Å²) in [6.07, 6.45) is 1.18. The zero-order chi connectivity index (χ0) is 25.5. The van der Waals surface area contributed by atoms with Gasteiger partial charge in [-0.05, 0) is 76.5 Å². The van der Waals surface area contributed by atoms with Gasteiger partial charge in [-0.25, -0.2) is 0 Å². The summed E-state index contributed by atoms with van der Waals surface area (Å²) in [5.41, 5.74) is 0. The molecule has 0 aromatic carbocycles. The second-order valence-corrected chi connectivity index (χ2v) is 11.1. The summed E-state index contributed by atoms with van der Waals surface area (Å²) in [6, 6.07) is -1.78. The molecule has 3 amide bonds. The molecular weight excluding hydrogens is 463 g/mol. The number of piperazine rings is 1. The molecule has 198 valence electrons. The molecule has 0 aromatic rings. The lowest BCUT2D eigenvalue weighted by Crippen LogP contribution is -2.69. The summed E-state index contributed by atoms with van der Waals surface area (Å²) < 4.78 is 46.0. The van der Waals surface area contributed by atoms with Gasteiger partial charge in [-0.15, -0.1) is 0 Å². The lowest BCUT2D eigenvalue weighted by atomic mass is 9.67. The zero-order valence-corrected chi connectivity index (χ0v) is 20.9. The highest BCUT2D eigenvalue weighted by atomic mass is 19.4. The molecule has 4 fully saturated rings. The highest BCUT2D eigenvalue weighted by Crippen LogP contribution is 2.45. The van der Waals surface area contributed by atoms with Crippen LogP contribution in [0.1, 0.15) is 64.7 Å². The van der Waals surface area contributed by atoms with E-state index in [2.05, 4.69) is 0 Å². The van der Waals surface area contributed by atoms with Crippen LogP contribution in [0, 0.1) is 17.8 Å². The van der Waals surface area contributed by atoms with Gasteiger partial charge in [-0.2, -0.15) is 13.2 Å². The van der Waals surface area contributed by atoms with Crippen LogP contribution in [-0.4, -0.2) is 90.1 Å². The Morgan fingerprint density at radius 3 is 2.14 bits per heavy atom. The SMILES string of the molecule is C[C@H]1CN(C(=O)C2CCCO2)C2CC(C3CCC(C(=O)N(C)C)CC3)CCC2N1C(=O)C(F)(F)F. The second kappa shape index (κ2) is 10.3. The molecule has 0 radical (unpaired) electrons. The average Bonchev–Trinajstić information content (AvgIpc) is 3.36. The Bertz CT molecular complexity index is 806. The smallest absolute Gasteiger partial charge is 0.368 e. The van der Waals surface area contributed by atoms with Crippen molar-refractivity contribution in [2.45, 2.75) is 95.1 Å². The van der Waals surface area contributed by atoms with E-state index < -0.39 is 36.3 Å². The van der Waals surface area contributed by atoms with Crippen LogP contribution in [0.15, 0.2) is 0 Å². The van der Waals surface area contributed by atoms with Gasteiger partial charge in [-0.1, -0.05) is 0 Å². The topological polar surface area (TPSA) is 70.2 Å². The number of nitrogens with zero attached hydrogens (tertiary/aromatic N) is 3. The van der Waals surface area contributed by atoms with E-state index in [1.165, 1.54) is 0 Å². The third kappa shape index (κ3) is 5.32. The Labute approximate surface area is 205 Å². The first kappa shape index (κ1) is 26.2. The van der Waals surface area contributed by atoms with Crippen molar-refractivity contribution < 1.29 is 32.3 Å². The van der Waals surface area contributed by atoms with E-state index in [0.29, 0.717) is 31.8 Å². The van der Waals surface area contributed by atoms with E-state index in [-0.39, 0.29) is 30.2 Å². The molecule has 5 atom stereocenters. The zero-order valence-electron chi connectivity index (χ0n) is 20.9. The molecule has 0 bridgehead atoms. The second-order valence-electron chi connectivity index (χ2n) is 11.1. The molecule has 2 aliphatic heterocycles. The average molecular weight is 502 g/mol. The maximum absolute atomic E-state index is 13.5. The fourth-order valence-electron chi connectivity index (χ4n) is 7.00. The lowest BCUT2D eigenvalue weighted by Gasteiger charge is -2.55. The maximum Gasteiger partial charge on any atom is 0.471 e. The van der Waals surface area contributed by atoms with Crippen LogP contribution >= 0.6 is 0 Å². The van der Waals surface area contributed by atoms with Gasteiger partial charge >= 0.3 is 12.1 Å². The van der Waals surface area contributed by atoms with Crippen molar-refractivity contribution in [2.75, 3.05) is 27.2 Å². The third-order valence-electron chi connectivity index (χ3n) is 8.71. The fraction of sp³-hybridized carbons (Fsp3) is 0.880.